The SMILES string of the molecule is Cc1ccc(C(=O)N2CC[C@@H](C)S(=O)(=O)CC2)c(Cl)c1. The number of nitrogens with zero attached hydrogens (tertiary/aromatic N) is 1. The van der Waals surface area contributed by atoms with E-state index in [1.54, 1.807) is 24.0 Å². The number of carbonyl (C=O) groups excluding carboxylic acids is 1. The molecule has 0 saturated carbocycles. The molecule has 4 nitrogen and oxygen atoms in total. The highest BCUT2D eigenvalue weighted by Crippen LogP contribution is 2.21. The van der Waals surface area contributed by atoms with Gasteiger partial charge in [-0.15, -0.1) is 0 Å². The summed E-state index contributed by atoms with van der Waals surface area (Å²) in [5.74, 6) is -0.178. The molecule has 0 unspecified atom stereocenters. The maximum Gasteiger partial charge on any atom is 0.255 e. The number of benzene rings is 1. The average Bonchev–Trinajstić information content (AvgIpc) is 2.49. The third-order valence-electron chi connectivity index (χ3n) is 3.71. The Kier molecular flexibility index (Phi) is 4.39. The first-order valence-corrected chi connectivity index (χ1v) is 8.67. The minimum Gasteiger partial charge on any atom is -0.338 e. The molecule has 2 rings (SSSR count). The summed E-state index contributed by atoms with van der Waals surface area (Å²) in [6.07, 6.45) is 0.470. The average molecular weight is 316 g/mol. The van der Waals surface area contributed by atoms with Crippen molar-refractivity contribution in [3.63, 3.8) is 0 Å². The maximum atomic E-state index is 12.4. The molecule has 1 aliphatic heterocycles. The molecule has 110 valence electrons. The van der Waals surface area contributed by atoms with Crippen molar-refractivity contribution < 1.29 is 13.2 Å². The second-order valence-electron chi connectivity index (χ2n) is 5.24. The smallest absolute Gasteiger partial charge is 0.255 e. The molecule has 0 aliphatic carbocycles. The molecule has 0 aromatic heterocycles. The topological polar surface area (TPSA) is 54.5 Å². The van der Waals surface area contributed by atoms with Crippen LogP contribution >= 0.6 is 11.6 Å². The van der Waals surface area contributed by atoms with Gasteiger partial charge in [-0.1, -0.05) is 17.7 Å². The molecule has 1 heterocycles. The largest absolute Gasteiger partial charge is 0.338 e. The van der Waals surface area contributed by atoms with Crippen molar-refractivity contribution in [3.05, 3.63) is 34.3 Å². The molecule has 1 aliphatic rings. The third-order valence-corrected chi connectivity index (χ3v) is 6.23. The normalized spacial score (nSPS) is 22.4. The Morgan fingerprint density at radius 2 is 2.05 bits per heavy atom. The first kappa shape index (κ1) is 15.3. The van der Waals surface area contributed by atoms with E-state index in [0.717, 1.165) is 5.56 Å². The summed E-state index contributed by atoms with van der Waals surface area (Å²) >= 11 is 6.10. The molecule has 0 N–H and O–H groups in total. The molecule has 1 aromatic carbocycles. The van der Waals surface area contributed by atoms with Gasteiger partial charge in [-0.3, -0.25) is 4.79 Å². The van der Waals surface area contributed by atoms with Crippen LogP contribution in [-0.2, 0) is 9.84 Å². The molecule has 0 bridgehead atoms. The van der Waals surface area contributed by atoms with Crippen LogP contribution in [0.5, 0.6) is 0 Å². The zero-order valence-corrected chi connectivity index (χ0v) is 13.2. The van der Waals surface area contributed by atoms with Gasteiger partial charge in [0.05, 0.1) is 21.6 Å². The van der Waals surface area contributed by atoms with Gasteiger partial charge in [0.2, 0.25) is 0 Å². The van der Waals surface area contributed by atoms with E-state index in [9.17, 15) is 13.2 Å². The predicted octanol–water partition coefficient (Wildman–Crippen LogP) is 2.30. The number of halogens is 1. The molecular weight excluding hydrogens is 298 g/mol. The van der Waals surface area contributed by atoms with Gasteiger partial charge in [0.25, 0.3) is 5.91 Å². The summed E-state index contributed by atoms with van der Waals surface area (Å²) in [4.78, 5) is 14.0. The van der Waals surface area contributed by atoms with E-state index in [-0.39, 0.29) is 18.2 Å². The minimum absolute atomic E-state index is 0.0172. The van der Waals surface area contributed by atoms with Gasteiger partial charge in [0, 0.05) is 13.1 Å². The van der Waals surface area contributed by atoms with Crippen LogP contribution in [0.4, 0.5) is 0 Å². The zero-order valence-electron chi connectivity index (χ0n) is 11.6. The van der Waals surface area contributed by atoms with Gasteiger partial charge in [-0.2, -0.15) is 0 Å². The number of hydrogen-bond acceptors (Lipinski definition) is 3. The Hall–Kier alpha value is -1.07. The predicted molar refractivity (Wildman–Crippen MR) is 80.0 cm³/mol. The summed E-state index contributed by atoms with van der Waals surface area (Å²) in [6.45, 7) is 4.28. The lowest BCUT2D eigenvalue weighted by Gasteiger charge is -2.20. The molecule has 1 amide bonds. The van der Waals surface area contributed by atoms with E-state index < -0.39 is 15.1 Å². The van der Waals surface area contributed by atoms with Crippen LogP contribution in [0, 0.1) is 6.92 Å². The Bertz CT molecular complexity index is 627. The zero-order chi connectivity index (χ0) is 14.9. The number of amides is 1. The summed E-state index contributed by atoms with van der Waals surface area (Å²) in [7, 11) is -3.09. The van der Waals surface area contributed by atoms with Crippen LogP contribution in [-0.4, -0.2) is 43.3 Å². The van der Waals surface area contributed by atoms with Crippen LogP contribution in [0.15, 0.2) is 18.2 Å². The summed E-state index contributed by atoms with van der Waals surface area (Å²) < 4.78 is 23.7. The van der Waals surface area contributed by atoms with Crippen molar-refractivity contribution in [3.8, 4) is 0 Å². The lowest BCUT2D eigenvalue weighted by molar-refractivity contribution is 0.0767. The monoisotopic (exact) mass is 315 g/mol. The van der Waals surface area contributed by atoms with Gasteiger partial charge in [-0.25, -0.2) is 8.42 Å². The summed E-state index contributed by atoms with van der Waals surface area (Å²) in [6, 6.07) is 5.27. The van der Waals surface area contributed by atoms with E-state index >= 15 is 0 Å². The molecule has 1 atom stereocenters. The van der Waals surface area contributed by atoms with Crippen molar-refractivity contribution in [2.45, 2.75) is 25.5 Å². The van der Waals surface area contributed by atoms with Gasteiger partial charge < -0.3 is 4.90 Å². The highest BCUT2D eigenvalue weighted by atomic mass is 35.5. The second-order valence-corrected chi connectivity index (χ2v) is 8.19. The molecule has 1 fully saturated rings. The highest BCUT2D eigenvalue weighted by Gasteiger charge is 2.29. The van der Waals surface area contributed by atoms with E-state index in [4.69, 9.17) is 11.6 Å². The quantitative estimate of drug-likeness (QED) is 0.799. The fourth-order valence-electron chi connectivity index (χ4n) is 2.23. The fourth-order valence-corrected chi connectivity index (χ4v) is 3.89. The van der Waals surface area contributed by atoms with Crippen molar-refractivity contribution >= 4 is 27.3 Å². The molecular formula is C14H18ClNO3S. The Morgan fingerprint density at radius 1 is 1.35 bits per heavy atom. The van der Waals surface area contributed by atoms with Crippen LogP contribution < -0.4 is 0 Å². The summed E-state index contributed by atoms with van der Waals surface area (Å²) in [5.41, 5.74) is 1.42. The Balaban J connectivity index is 2.21. The van der Waals surface area contributed by atoms with Gasteiger partial charge in [0.15, 0.2) is 9.84 Å². The first-order valence-electron chi connectivity index (χ1n) is 6.58. The van der Waals surface area contributed by atoms with Gasteiger partial charge in [-0.05, 0) is 38.0 Å². The lowest BCUT2D eigenvalue weighted by Crippen LogP contribution is -2.33. The van der Waals surface area contributed by atoms with Crippen LogP contribution in [0.1, 0.15) is 29.3 Å². The molecule has 6 heteroatoms. The first-order chi connectivity index (χ1) is 9.31. The number of sulfone groups is 1. The molecule has 0 radical (unpaired) electrons. The third kappa shape index (κ3) is 3.15. The maximum absolute atomic E-state index is 12.4. The molecule has 1 saturated heterocycles. The summed E-state index contributed by atoms with van der Waals surface area (Å²) in [5, 5.41) is 0.0175. The van der Waals surface area contributed by atoms with Crippen LogP contribution in [0.25, 0.3) is 0 Å². The van der Waals surface area contributed by atoms with Crippen molar-refractivity contribution in [2.75, 3.05) is 18.8 Å². The van der Waals surface area contributed by atoms with Crippen LogP contribution in [0.3, 0.4) is 0 Å². The van der Waals surface area contributed by atoms with Crippen LogP contribution in [0.2, 0.25) is 5.02 Å². The fraction of sp³-hybridized carbons (Fsp3) is 0.500. The second kappa shape index (κ2) is 5.74. The highest BCUT2D eigenvalue weighted by molar-refractivity contribution is 7.92. The van der Waals surface area contributed by atoms with Crippen molar-refractivity contribution in [2.24, 2.45) is 0 Å². The molecule has 0 spiro atoms. The van der Waals surface area contributed by atoms with Gasteiger partial charge in [0.1, 0.15) is 0 Å². The van der Waals surface area contributed by atoms with Crippen molar-refractivity contribution in [1.29, 1.82) is 0 Å². The number of aryl methyl sites for hydroxylation is 1. The number of carbonyl (C=O) groups is 1. The van der Waals surface area contributed by atoms with Crippen molar-refractivity contribution in [1.82, 2.24) is 4.90 Å². The molecule has 20 heavy (non-hydrogen) atoms. The van der Waals surface area contributed by atoms with E-state index in [2.05, 4.69) is 0 Å². The molecule has 1 aromatic rings. The minimum atomic E-state index is -3.09. The Morgan fingerprint density at radius 3 is 2.70 bits per heavy atom. The standard InChI is InChI=1S/C14H18ClNO3S/c1-10-3-4-12(13(15)9-10)14(17)16-6-5-11(2)20(18,19)8-7-16/h3-4,9,11H,5-8H2,1-2H3/t11-/m1/s1. The van der Waals surface area contributed by atoms with E-state index in [1.165, 1.54) is 0 Å². The van der Waals surface area contributed by atoms with E-state index in [0.29, 0.717) is 23.6 Å². The van der Waals surface area contributed by atoms with E-state index in [1.807, 2.05) is 13.0 Å². The number of rotatable bonds is 1. The lowest BCUT2D eigenvalue weighted by atomic mass is 10.1. The Labute approximate surface area is 124 Å². The number of hydrogen-bond donors (Lipinski definition) is 0. The van der Waals surface area contributed by atoms with Gasteiger partial charge >= 0.3 is 0 Å².